The van der Waals surface area contributed by atoms with E-state index in [9.17, 15) is 4.79 Å². The summed E-state index contributed by atoms with van der Waals surface area (Å²) >= 11 is 1.42. The number of benzene rings is 2. The van der Waals surface area contributed by atoms with Crippen LogP contribution < -0.4 is 11.1 Å². The summed E-state index contributed by atoms with van der Waals surface area (Å²) < 4.78 is 1.03. The number of aryl methyl sites for hydroxylation is 2. The lowest BCUT2D eigenvalue weighted by Gasteiger charge is -2.07. The fourth-order valence-electron chi connectivity index (χ4n) is 2.47. The quantitative estimate of drug-likeness (QED) is 0.738. The standard InChI is InChI=1S/C17H16N2OS/c1-10-7-11(2)9-12(8-10)19-17(20)16-15(18)13-5-3-4-6-14(13)21-16/h3-9H,18H2,1-2H3,(H,19,20). The van der Waals surface area contributed by atoms with Crippen molar-refractivity contribution in [1.29, 1.82) is 0 Å². The van der Waals surface area contributed by atoms with E-state index in [1.54, 1.807) is 0 Å². The predicted molar refractivity (Wildman–Crippen MR) is 90.1 cm³/mol. The van der Waals surface area contributed by atoms with Gasteiger partial charge in [-0.25, -0.2) is 0 Å². The number of carbonyl (C=O) groups is 1. The van der Waals surface area contributed by atoms with Crippen LogP contribution in [-0.2, 0) is 0 Å². The molecule has 3 aromatic rings. The van der Waals surface area contributed by atoms with Crippen molar-refractivity contribution in [2.45, 2.75) is 13.8 Å². The van der Waals surface area contributed by atoms with Crippen LogP contribution in [0.15, 0.2) is 42.5 Å². The van der Waals surface area contributed by atoms with E-state index in [1.165, 1.54) is 11.3 Å². The molecule has 1 heterocycles. The molecule has 0 radical (unpaired) electrons. The zero-order valence-electron chi connectivity index (χ0n) is 11.9. The molecule has 21 heavy (non-hydrogen) atoms. The second-order valence-electron chi connectivity index (χ2n) is 5.17. The third-order valence-electron chi connectivity index (χ3n) is 3.32. The number of fused-ring (bicyclic) bond motifs is 1. The van der Waals surface area contributed by atoms with Crippen molar-refractivity contribution in [1.82, 2.24) is 0 Å². The third kappa shape index (κ3) is 2.62. The molecule has 0 atom stereocenters. The highest BCUT2D eigenvalue weighted by atomic mass is 32.1. The molecule has 0 spiro atoms. The number of nitrogen functional groups attached to an aromatic ring is 1. The third-order valence-corrected chi connectivity index (χ3v) is 4.51. The van der Waals surface area contributed by atoms with Gasteiger partial charge in [0.25, 0.3) is 5.91 Å². The average Bonchev–Trinajstić information content (AvgIpc) is 2.76. The maximum absolute atomic E-state index is 12.4. The van der Waals surface area contributed by atoms with E-state index in [1.807, 2.05) is 50.2 Å². The van der Waals surface area contributed by atoms with Crippen LogP contribution in [0.1, 0.15) is 20.8 Å². The highest BCUT2D eigenvalue weighted by Gasteiger charge is 2.16. The number of nitrogens with two attached hydrogens (primary N) is 1. The van der Waals surface area contributed by atoms with Crippen molar-refractivity contribution in [3.05, 3.63) is 58.5 Å². The maximum Gasteiger partial charge on any atom is 0.267 e. The number of amides is 1. The predicted octanol–water partition coefficient (Wildman–Crippen LogP) is 4.35. The lowest BCUT2D eigenvalue weighted by molar-refractivity contribution is 0.103. The van der Waals surface area contributed by atoms with E-state index in [2.05, 4.69) is 11.4 Å². The number of rotatable bonds is 2. The molecular formula is C17H16N2OS. The van der Waals surface area contributed by atoms with Gasteiger partial charge in [-0.2, -0.15) is 0 Å². The van der Waals surface area contributed by atoms with Crippen LogP contribution in [-0.4, -0.2) is 5.91 Å². The van der Waals surface area contributed by atoms with Crippen molar-refractivity contribution < 1.29 is 4.79 Å². The maximum atomic E-state index is 12.4. The second kappa shape index (κ2) is 5.22. The Hall–Kier alpha value is -2.33. The molecule has 0 aliphatic rings. The van der Waals surface area contributed by atoms with Crippen LogP contribution in [0, 0.1) is 13.8 Å². The molecule has 4 heteroatoms. The molecule has 3 rings (SSSR count). The van der Waals surface area contributed by atoms with Gasteiger partial charge in [0.05, 0.1) is 5.69 Å². The summed E-state index contributed by atoms with van der Waals surface area (Å²) in [6.07, 6.45) is 0. The number of hydrogen-bond donors (Lipinski definition) is 2. The molecule has 0 saturated carbocycles. The Bertz CT molecular complexity index is 816. The average molecular weight is 296 g/mol. The lowest BCUT2D eigenvalue weighted by atomic mass is 10.1. The summed E-state index contributed by atoms with van der Waals surface area (Å²) in [4.78, 5) is 13.0. The normalized spacial score (nSPS) is 10.8. The number of thiophene rings is 1. The van der Waals surface area contributed by atoms with Crippen LogP contribution in [0.2, 0.25) is 0 Å². The summed E-state index contributed by atoms with van der Waals surface area (Å²) in [5.74, 6) is -0.154. The molecule has 0 bridgehead atoms. The summed E-state index contributed by atoms with van der Waals surface area (Å²) in [5, 5.41) is 3.87. The molecular weight excluding hydrogens is 280 g/mol. The first-order chi connectivity index (χ1) is 10.0. The molecule has 0 aliphatic heterocycles. The van der Waals surface area contributed by atoms with Gasteiger partial charge in [-0.3, -0.25) is 4.79 Å². The summed E-state index contributed by atoms with van der Waals surface area (Å²) in [6, 6.07) is 13.8. The van der Waals surface area contributed by atoms with Gasteiger partial charge < -0.3 is 11.1 Å². The molecule has 1 amide bonds. The van der Waals surface area contributed by atoms with E-state index >= 15 is 0 Å². The zero-order valence-corrected chi connectivity index (χ0v) is 12.8. The van der Waals surface area contributed by atoms with Crippen LogP contribution in [0.25, 0.3) is 10.1 Å². The molecule has 1 aromatic heterocycles. The van der Waals surface area contributed by atoms with Gasteiger partial charge in [-0.05, 0) is 43.2 Å². The van der Waals surface area contributed by atoms with Gasteiger partial charge in [0.2, 0.25) is 0 Å². The van der Waals surface area contributed by atoms with Crippen molar-refractivity contribution in [3.63, 3.8) is 0 Å². The molecule has 0 aliphatic carbocycles. The van der Waals surface area contributed by atoms with E-state index in [-0.39, 0.29) is 5.91 Å². The van der Waals surface area contributed by atoms with Gasteiger partial charge in [-0.1, -0.05) is 24.3 Å². The Kier molecular flexibility index (Phi) is 3.39. The zero-order chi connectivity index (χ0) is 15.0. The Morgan fingerprint density at radius 2 is 1.76 bits per heavy atom. The van der Waals surface area contributed by atoms with Crippen LogP contribution in [0.4, 0.5) is 11.4 Å². The Morgan fingerprint density at radius 1 is 1.10 bits per heavy atom. The molecule has 3 nitrogen and oxygen atoms in total. The fraction of sp³-hybridized carbons (Fsp3) is 0.118. The van der Waals surface area contributed by atoms with Crippen LogP contribution in [0.5, 0.6) is 0 Å². The summed E-state index contributed by atoms with van der Waals surface area (Å²) in [7, 11) is 0. The van der Waals surface area contributed by atoms with Crippen molar-refractivity contribution >= 4 is 38.7 Å². The molecule has 106 valence electrons. The first-order valence-corrected chi connectivity index (χ1v) is 7.53. The molecule has 0 saturated heterocycles. The first-order valence-electron chi connectivity index (χ1n) is 6.71. The highest BCUT2D eigenvalue weighted by Crippen LogP contribution is 2.33. The highest BCUT2D eigenvalue weighted by molar-refractivity contribution is 7.21. The SMILES string of the molecule is Cc1cc(C)cc(NC(=O)c2sc3ccccc3c2N)c1. The lowest BCUT2D eigenvalue weighted by Crippen LogP contribution is -2.12. The van der Waals surface area contributed by atoms with E-state index in [0.717, 1.165) is 26.9 Å². The van der Waals surface area contributed by atoms with Crippen molar-refractivity contribution in [3.8, 4) is 0 Å². The Morgan fingerprint density at radius 3 is 2.43 bits per heavy atom. The van der Waals surface area contributed by atoms with E-state index < -0.39 is 0 Å². The fourth-order valence-corrected chi connectivity index (χ4v) is 3.49. The van der Waals surface area contributed by atoms with Gasteiger partial charge in [0, 0.05) is 15.8 Å². The molecule has 3 N–H and O–H groups in total. The van der Waals surface area contributed by atoms with Crippen molar-refractivity contribution in [2.75, 3.05) is 11.1 Å². The number of hydrogen-bond acceptors (Lipinski definition) is 3. The van der Waals surface area contributed by atoms with Crippen molar-refractivity contribution in [2.24, 2.45) is 0 Å². The monoisotopic (exact) mass is 296 g/mol. The summed E-state index contributed by atoms with van der Waals surface area (Å²) in [5.41, 5.74) is 9.70. The molecule has 0 unspecified atom stereocenters. The van der Waals surface area contributed by atoms with E-state index in [0.29, 0.717) is 10.6 Å². The van der Waals surface area contributed by atoms with Gasteiger partial charge >= 0.3 is 0 Å². The first kappa shape index (κ1) is 13.6. The largest absolute Gasteiger partial charge is 0.397 e. The molecule has 0 fully saturated rings. The van der Waals surface area contributed by atoms with Crippen LogP contribution in [0.3, 0.4) is 0 Å². The van der Waals surface area contributed by atoms with Gasteiger partial charge in [-0.15, -0.1) is 11.3 Å². The minimum Gasteiger partial charge on any atom is -0.397 e. The minimum absolute atomic E-state index is 0.154. The number of nitrogens with one attached hydrogen (secondary N) is 1. The minimum atomic E-state index is -0.154. The van der Waals surface area contributed by atoms with Gasteiger partial charge in [0.15, 0.2) is 0 Å². The Balaban J connectivity index is 1.95. The topological polar surface area (TPSA) is 55.1 Å². The van der Waals surface area contributed by atoms with E-state index in [4.69, 9.17) is 5.73 Å². The second-order valence-corrected chi connectivity index (χ2v) is 6.22. The van der Waals surface area contributed by atoms with Gasteiger partial charge in [0.1, 0.15) is 4.88 Å². The number of anilines is 2. The number of carbonyl (C=O) groups excluding carboxylic acids is 1. The Labute approximate surface area is 127 Å². The summed E-state index contributed by atoms with van der Waals surface area (Å²) in [6.45, 7) is 4.02. The molecule has 2 aromatic carbocycles. The van der Waals surface area contributed by atoms with Crippen LogP contribution >= 0.6 is 11.3 Å². The smallest absolute Gasteiger partial charge is 0.267 e.